The number of halogens is 1. The van der Waals surface area contributed by atoms with Gasteiger partial charge in [-0.25, -0.2) is 0 Å². The fourth-order valence-corrected chi connectivity index (χ4v) is 2.07. The standard InChI is InChI=1S/C13H18ClNO4/c1-17-10-6-4-8(13(19-3)12(10)14)9(15)5-7-11(16)18-2/h4,6,9H,5,7,15H2,1-3H3. The zero-order chi connectivity index (χ0) is 14.4. The van der Waals surface area contributed by atoms with Crippen molar-refractivity contribution in [2.75, 3.05) is 21.3 Å². The minimum atomic E-state index is -0.363. The predicted octanol–water partition coefficient (Wildman–Crippen LogP) is 2.31. The fraction of sp³-hybridized carbons (Fsp3) is 0.462. The number of ether oxygens (including phenoxy) is 3. The highest BCUT2D eigenvalue weighted by atomic mass is 35.5. The highest BCUT2D eigenvalue weighted by Crippen LogP contribution is 2.39. The fourth-order valence-electron chi connectivity index (χ4n) is 1.74. The van der Waals surface area contributed by atoms with Gasteiger partial charge in [0.2, 0.25) is 0 Å². The van der Waals surface area contributed by atoms with Crippen molar-refractivity contribution in [3.8, 4) is 11.5 Å². The van der Waals surface area contributed by atoms with Crippen molar-refractivity contribution in [3.05, 3.63) is 22.7 Å². The number of benzene rings is 1. The van der Waals surface area contributed by atoms with E-state index in [0.29, 0.717) is 22.9 Å². The first kappa shape index (κ1) is 15.6. The third-order valence-electron chi connectivity index (χ3n) is 2.80. The Labute approximate surface area is 117 Å². The average molecular weight is 288 g/mol. The van der Waals surface area contributed by atoms with Crippen molar-refractivity contribution in [2.45, 2.75) is 18.9 Å². The Hall–Kier alpha value is -1.46. The van der Waals surface area contributed by atoms with E-state index < -0.39 is 0 Å². The maximum Gasteiger partial charge on any atom is 0.305 e. The third-order valence-corrected chi connectivity index (χ3v) is 3.16. The number of esters is 1. The smallest absolute Gasteiger partial charge is 0.305 e. The van der Waals surface area contributed by atoms with E-state index in [1.54, 1.807) is 12.1 Å². The molecule has 106 valence electrons. The number of hydrogen-bond donors (Lipinski definition) is 1. The van der Waals surface area contributed by atoms with E-state index in [4.69, 9.17) is 26.8 Å². The Bertz CT molecular complexity index is 451. The molecule has 0 saturated heterocycles. The predicted molar refractivity (Wildman–Crippen MR) is 72.7 cm³/mol. The monoisotopic (exact) mass is 287 g/mol. The molecule has 0 fully saturated rings. The SMILES string of the molecule is COC(=O)CCC(N)c1ccc(OC)c(Cl)c1OC. The number of methoxy groups -OCH3 is 3. The van der Waals surface area contributed by atoms with E-state index in [1.165, 1.54) is 21.3 Å². The first-order valence-electron chi connectivity index (χ1n) is 5.77. The lowest BCUT2D eigenvalue weighted by Gasteiger charge is -2.17. The number of carbonyl (C=O) groups is 1. The van der Waals surface area contributed by atoms with Crippen LogP contribution >= 0.6 is 11.6 Å². The summed E-state index contributed by atoms with van der Waals surface area (Å²) < 4.78 is 15.0. The first-order valence-corrected chi connectivity index (χ1v) is 6.15. The number of rotatable bonds is 6. The van der Waals surface area contributed by atoms with Crippen LogP contribution in [0.1, 0.15) is 24.4 Å². The molecule has 19 heavy (non-hydrogen) atoms. The average Bonchev–Trinajstić information content (AvgIpc) is 2.43. The lowest BCUT2D eigenvalue weighted by atomic mass is 10.0. The van der Waals surface area contributed by atoms with E-state index in [9.17, 15) is 4.79 Å². The van der Waals surface area contributed by atoms with Crippen molar-refractivity contribution < 1.29 is 19.0 Å². The summed E-state index contributed by atoms with van der Waals surface area (Å²) in [7, 11) is 4.38. The summed E-state index contributed by atoms with van der Waals surface area (Å²) in [5, 5.41) is 0.371. The molecule has 1 unspecified atom stereocenters. The number of carbonyl (C=O) groups excluding carboxylic acids is 1. The van der Waals surface area contributed by atoms with Crippen molar-refractivity contribution in [1.82, 2.24) is 0 Å². The molecule has 0 aromatic heterocycles. The summed E-state index contributed by atoms with van der Waals surface area (Å²) in [4.78, 5) is 11.1. The van der Waals surface area contributed by atoms with Crippen LogP contribution in [0.3, 0.4) is 0 Å². The van der Waals surface area contributed by atoms with E-state index >= 15 is 0 Å². The lowest BCUT2D eigenvalue weighted by molar-refractivity contribution is -0.140. The van der Waals surface area contributed by atoms with Gasteiger partial charge in [0.05, 0.1) is 21.3 Å². The molecule has 0 saturated carbocycles. The second-order valence-corrected chi connectivity index (χ2v) is 4.30. The molecule has 0 radical (unpaired) electrons. The molecule has 1 atom stereocenters. The molecule has 0 amide bonds. The Balaban J connectivity index is 2.93. The van der Waals surface area contributed by atoms with Crippen LogP contribution in [0, 0.1) is 0 Å². The normalized spacial score (nSPS) is 11.8. The van der Waals surface area contributed by atoms with Gasteiger partial charge in [0, 0.05) is 18.0 Å². The summed E-state index contributed by atoms with van der Waals surface area (Å²) in [5.41, 5.74) is 6.78. The summed E-state index contributed by atoms with van der Waals surface area (Å²) in [6.45, 7) is 0. The molecule has 1 aromatic carbocycles. The van der Waals surface area contributed by atoms with Gasteiger partial charge in [-0.05, 0) is 18.6 Å². The lowest BCUT2D eigenvalue weighted by Crippen LogP contribution is -2.14. The number of hydrogen-bond acceptors (Lipinski definition) is 5. The second-order valence-electron chi connectivity index (χ2n) is 3.93. The van der Waals surface area contributed by atoms with Crippen LogP contribution in [0.25, 0.3) is 0 Å². The van der Waals surface area contributed by atoms with E-state index in [1.807, 2.05) is 0 Å². The highest BCUT2D eigenvalue weighted by molar-refractivity contribution is 6.33. The first-order chi connectivity index (χ1) is 9.04. The van der Waals surface area contributed by atoms with Crippen LogP contribution in [0.4, 0.5) is 0 Å². The molecule has 5 nitrogen and oxygen atoms in total. The van der Waals surface area contributed by atoms with E-state index in [2.05, 4.69) is 4.74 Å². The Morgan fingerprint density at radius 1 is 1.32 bits per heavy atom. The van der Waals surface area contributed by atoms with Crippen LogP contribution in [0.5, 0.6) is 11.5 Å². The summed E-state index contributed by atoms with van der Waals surface area (Å²) in [6.07, 6.45) is 0.691. The molecular weight excluding hydrogens is 270 g/mol. The molecular formula is C13H18ClNO4. The van der Waals surface area contributed by atoms with Gasteiger partial charge < -0.3 is 19.9 Å². The van der Waals surface area contributed by atoms with Crippen molar-refractivity contribution in [1.29, 1.82) is 0 Å². The zero-order valence-electron chi connectivity index (χ0n) is 11.2. The largest absolute Gasteiger partial charge is 0.495 e. The zero-order valence-corrected chi connectivity index (χ0v) is 12.0. The molecule has 0 aliphatic carbocycles. The minimum Gasteiger partial charge on any atom is -0.495 e. The summed E-state index contributed by atoms with van der Waals surface area (Å²) in [5.74, 6) is 0.690. The third kappa shape index (κ3) is 3.75. The van der Waals surface area contributed by atoms with Gasteiger partial charge in [-0.3, -0.25) is 4.79 Å². The minimum absolute atomic E-state index is 0.241. The molecule has 1 aromatic rings. The Kier molecular flexibility index (Phi) is 5.92. The van der Waals surface area contributed by atoms with Crippen LogP contribution < -0.4 is 15.2 Å². The molecule has 0 bridgehead atoms. The quantitative estimate of drug-likeness (QED) is 0.813. The number of nitrogens with two attached hydrogens (primary N) is 1. The van der Waals surface area contributed by atoms with E-state index in [0.717, 1.165) is 5.56 Å². The Morgan fingerprint density at radius 2 is 2.00 bits per heavy atom. The van der Waals surface area contributed by atoms with Crippen LogP contribution in [0.2, 0.25) is 5.02 Å². The highest BCUT2D eigenvalue weighted by Gasteiger charge is 2.18. The molecule has 0 aliphatic heterocycles. The molecule has 6 heteroatoms. The van der Waals surface area contributed by atoms with Crippen LogP contribution in [-0.4, -0.2) is 27.3 Å². The maximum atomic E-state index is 11.1. The van der Waals surface area contributed by atoms with Crippen molar-refractivity contribution >= 4 is 17.6 Å². The van der Waals surface area contributed by atoms with Gasteiger partial charge in [-0.1, -0.05) is 11.6 Å². The van der Waals surface area contributed by atoms with Crippen molar-refractivity contribution in [3.63, 3.8) is 0 Å². The van der Waals surface area contributed by atoms with Gasteiger partial charge in [0.1, 0.15) is 16.5 Å². The molecule has 1 rings (SSSR count). The molecule has 0 aliphatic rings. The van der Waals surface area contributed by atoms with Gasteiger partial charge in [0.25, 0.3) is 0 Å². The van der Waals surface area contributed by atoms with Crippen LogP contribution in [-0.2, 0) is 9.53 Å². The van der Waals surface area contributed by atoms with E-state index in [-0.39, 0.29) is 18.4 Å². The second kappa shape index (κ2) is 7.21. The van der Waals surface area contributed by atoms with Gasteiger partial charge in [-0.15, -0.1) is 0 Å². The molecule has 0 heterocycles. The van der Waals surface area contributed by atoms with Gasteiger partial charge in [-0.2, -0.15) is 0 Å². The van der Waals surface area contributed by atoms with Crippen LogP contribution in [0.15, 0.2) is 12.1 Å². The summed E-state index contributed by atoms with van der Waals surface area (Å²) >= 11 is 6.15. The topological polar surface area (TPSA) is 70.8 Å². The molecule has 2 N–H and O–H groups in total. The Morgan fingerprint density at radius 3 is 2.53 bits per heavy atom. The molecule has 0 spiro atoms. The maximum absolute atomic E-state index is 11.1. The summed E-state index contributed by atoms with van der Waals surface area (Å²) in [6, 6.07) is 3.14. The van der Waals surface area contributed by atoms with Gasteiger partial charge >= 0.3 is 5.97 Å². The van der Waals surface area contributed by atoms with Gasteiger partial charge in [0.15, 0.2) is 0 Å². The van der Waals surface area contributed by atoms with Crippen molar-refractivity contribution in [2.24, 2.45) is 5.73 Å².